The summed E-state index contributed by atoms with van der Waals surface area (Å²) >= 11 is 0. The standard InChI is InChI=1S/C7H15NO/c1-7(6-9)2-4-8-5-3-7/h8-9H,2-6H2,1H3/p+1. The zero-order chi connectivity index (χ0) is 6.74. The van der Waals surface area contributed by atoms with E-state index in [2.05, 4.69) is 12.2 Å². The molecule has 1 rings (SSSR count). The molecule has 1 heterocycles. The van der Waals surface area contributed by atoms with Crippen LogP contribution in [0, 0.1) is 5.41 Å². The third kappa shape index (κ3) is 1.66. The Morgan fingerprint density at radius 3 is 2.33 bits per heavy atom. The number of nitrogens with two attached hydrogens (primary N) is 1. The summed E-state index contributed by atoms with van der Waals surface area (Å²) in [6.45, 7) is 4.91. The summed E-state index contributed by atoms with van der Waals surface area (Å²) in [5, 5.41) is 11.3. The summed E-state index contributed by atoms with van der Waals surface area (Å²) in [5.41, 5.74) is 0.245. The van der Waals surface area contributed by atoms with Crippen LogP contribution in [0.25, 0.3) is 0 Å². The maximum absolute atomic E-state index is 8.94. The van der Waals surface area contributed by atoms with Gasteiger partial charge >= 0.3 is 0 Å². The highest BCUT2D eigenvalue weighted by atomic mass is 16.3. The molecular formula is C7H16NO+. The minimum absolute atomic E-state index is 0.245. The summed E-state index contributed by atoms with van der Waals surface area (Å²) in [7, 11) is 0. The first-order chi connectivity index (χ1) is 4.27. The van der Waals surface area contributed by atoms with Gasteiger partial charge in [-0.1, -0.05) is 6.92 Å². The minimum atomic E-state index is 0.245. The molecule has 3 N–H and O–H groups in total. The lowest BCUT2D eigenvalue weighted by molar-refractivity contribution is -0.667. The predicted molar refractivity (Wildman–Crippen MR) is 36.1 cm³/mol. The second-order valence-electron chi connectivity index (χ2n) is 3.33. The van der Waals surface area contributed by atoms with Gasteiger partial charge in [-0.3, -0.25) is 0 Å². The molecule has 0 aromatic rings. The Hall–Kier alpha value is -0.0800. The molecule has 1 saturated heterocycles. The van der Waals surface area contributed by atoms with Crippen LogP contribution < -0.4 is 5.32 Å². The van der Waals surface area contributed by atoms with Crippen molar-refractivity contribution in [3.63, 3.8) is 0 Å². The molecule has 0 radical (unpaired) electrons. The smallest absolute Gasteiger partial charge is 0.0761 e. The van der Waals surface area contributed by atoms with Crippen molar-refractivity contribution in [1.29, 1.82) is 0 Å². The molecule has 0 aliphatic carbocycles. The van der Waals surface area contributed by atoms with Gasteiger partial charge in [0.1, 0.15) is 0 Å². The van der Waals surface area contributed by atoms with Crippen LogP contribution in [-0.4, -0.2) is 24.8 Å². The zero-order valence-corrected chi connectivity index (χ0v) is 6.06. The van der Waals surface area contributed by atoms with Gasteiger partial charge in [-0.15, -0.1) is 0 Å². The number of aliphatic hydroxyl groups excluding tert-OH is 1. The topological polar surface area (TPSA) is 36.8 Å². The largest absolute Gasteiger partial charge is 0.396 e. The highest BCUT2D eigenvalue weighted by Crippen LogP contribution is 2.24. The van der Waals surface area contributed by atoms with E-state index in [1.807, 2.05) is 0 Å². The predicted octanol–water partition coefficient (Wildman–Crippen LogP) is -0.658. The molecule has 1 aliphatic heterocycles. The van der Waals surface area contributed by atoms with Crippen LogP contribution in [0.2, 0.25) is 0 Å². The lowest BCUT2D eigenvalue weighted by Crippen LogP contribution is -2.87. The molecular weight excluding hydrogens is 114 g/mol. The molecule has 0 amide bonds. The molecule has 0 unspecified atom stereocenters. The van der Waals surface area contributed by atoms with E-state index < -0.39 is 0 Å². The molecule has 0 aromatic heterocycles. The maximum Gasteiger partial charge on any atom is 0.0761 e. The number of hydrogen-bond acceptors (Lipinski definition) is 1. The van der Waals surface area contributed by atoms with E-state index in [9.17, 15) is 0 Å². The van der Waals surface area contributed by atoms with E-state index in [-0.39, 0.29) is 5.41 Å². The number of piperidine rings is 1. The maximum atomic E-state index is 8.94. The first kappa shape index (κ1) is 7.03. The van der Waals surface area contributed by atoms with Crippen molar-refractivity contribution in [3.05, 3.63) is 0 Å². The molecule has 0 saturated carbocycles. The van der Waals surface area contributed by atoms with Gasteiger partial charge in [-0.2, -0.15) is 0 Å². The van der Waals surface area contributed by atoms with E-state index in [0.717, 1.165) is 0 Å². The van der Waals surface area contributed by atoms with Gasteiger partial charge in [-0.25, -0.2) is 0 Å². The third-order valence-corrected chi connectivity index (χ3v) is 2.29. The second-order valence-corrected chi connectivity index (χ2v) is 3.33. The van der Waals surface area contributed by atoms with Gasteiger partial charge in [0.15, 0.2) is 0 Å². The molecule has 0 aromatic carbocycles. The summed E-state index contributed by atoms with van der Waals surface area (Å²) in [5.74, 6) is 0. The summed E-state index contributed by atoms with van der Waals surface area (Å²) in [4.78, 5) is 0. The summed E-state index contributed by atoms with van der Waals surface area (Å²) < 4.78 is 0. The molecule has 0 bridgehead atoms. The van der Waals surface area contributed by atoms with Crippen LogP contribution in [-0.2, 0) is 0 Å². The monoisotopic (exact) mass is 130 g/mol. The Labute approximate surface area is 56.3 Å². The van der Waals surface area contributed by atoms with Gasteiger partial charge in [0, 0.05) is 24.9 Å². The molecule has 0 spiro atoms. The van der Waals surface area contributed by atoms with E-state index in [4.69, 9.17) is 5.11 Å². The second kappa shape index (κ2) is 2.67. The van der Waals surface area contributed by atoms with Crippen molar-refractivity contribution in [1.82, 2.24) is 0 Å². The number of quaternary nitrogens is 1. The van der Waals surface area contributed by atoms with Crippen molar-refractivity contribution >= 4 is 0 Å². The Kier molecular flexibility index (Phi) is 2.09. The van der Waals surface area contributed by atoms with Gasteiger partial charge < -0.3 is 10.4 Å². The molecule has 54 valence electrons. The quantitative estimate of drug-likeness (QED) is 0.486. The first-order valence-electron chi connectivity index (χ1n) is 3.69. The molecule has 1 aliphatic rings. The lowest BCUT2D eigenvalue weighted by Gasteiger charge is -2.29. The fourth-order valence-electron chi connectivity index (χ4n) is 1.33. The van der Waals surface area contributed by atoms with Crippen molar-refractivity contribution in [2.45, 2.75) is 19.8 Å². The highest BCUT2D eigenvalue weighted by molar-refractivity contribution is 4.73. The molecule has 0 atom stereocenters. The Balaban J connectivity index is 2.37. The van der Waals surface area contributed by atoms with Crippen molar-refractivity contribution < 1.29 is 10.4 Å². The van der Waals surface area contributed by atoms with Gasteiger partial charge in [-0.05, 0) is 0 Å². The van der Waals surface area contributed by atoms with Gasteiger partial charge in [0.25, 0.3) is 0 Å². The Morgan fingerprint density at radius 1 is 1.44 bits per heavy atom. The highest BCUT2D eigenvalue weighted by Gasteiger charge is 2.27. The molecule has 2 heteroatoms. The van der Waals surface area contributed by atoms with E-state index >= 15 is 0 Å². The summed E-state index contributed by atoms with van der Waals surface area (Å²) in [6, 6.07) is 0. The van der Waals surface area contributed by atoms with E-state index in [0.29, 0.717) is 6.61 Å². The molecule has 2 nitrogen and oxygen atoms in total. The SMILES string of the molecule is CC1(CO)CC[NH2+]CC1. The van der Waals surface area contributed by atoms with E-state index in [1.165, 1.54) is 25.9 Å². The first-order valence-corrected chi connectivity index (χ1v) is 3.69. The van der Waals surface area contributed by atoms with E-state index in [1.54, 1.807) is 0 Å². The fraction of sp³-hybridized carbons (Fsp3) is 1.00. The van der Waals surface area contributed by atoms with Crippen LogP contribution in [0.15, 0.2) is 0 Å². The number of hydrogen-bond donors (Lipinski definition) is 2. The fourth-order valence-corrected chi connectivity index (χ4v) is 1.33. The number of aliphatic hydroxyl groups is 1. The van der Waals surface area contributed by atoms with Crippen LogP contribution >= 0.6 is 0 Å². The van der Waals surface area contributed by atoms with Crippen molar-refractivity contribution in [2.24, 2.45) is 5.41 Å². The third-order valence-electron chi connectivity index (χ3n) is 2.29. The zero-order valence-electron chi connectivity index (χ0n) is 6.06. The van der Waals surface area contributed by atoms with Crippen LogP contribution in [0.5, 0.6) is 0 Å². The molecule has 1 fully saturated rings. The van der Waals surface area contributed by atoms with Crippen molar-refractivity contribution in [3.8, 4) is 0 Å². The van der Waals surface area contributed by atoms with Crippen molar-refractivity contribution in [2.75, 3.05) is 19.7 Å². The normalized spacial score (nSPS) is 26.0. The minimum Gasteiger partial charge on any atom is -0.396 e. The van der Waals surface area contributed by atoms with Gasteiger partial charge in [0.2, 0.25) is 0 Å². The average Bonchev–Trinajstić information content (AvgIpc) is 1.90. The number of rotatable bonds is 1. The Morgan fingerprint density at radius 2 is 2.00 bits per heavy atom. The average molecular weight is 130 g/mol. The Bertz CT molecular complexity index is 86.9. The van der Waals surface area contributed by atoms with Crippen LogP contribution in [0.3, 0.4) is 0 Å². The van der Waals surface area contributed by atoms with Crippen LogP contribution in [0.4, 0.5) is 0 Å². The van der Waals surface area contributed by atoms with Gasteiger partial charge in [0.05, 0.1) is 13.1 Å². The lowest BCUT2D eigenvalue weighted by atomic mass is 9.82. The summed E-state index contributed by atoms with van der Waals surface area (Å²) in [6.07, 6.45) is 2.34. The molecule has 9 heavy (non-hydrogen) atoms. The van der Waals surface area contributed by atoms with Crippen LogP contribution in [0.1, 0.15) is 19.8 Å².